The van der Waals surface area contributed by atoms with Crippen LogP contribution in [0.3, 0.4) is 0 Å². The van der Waals surface area contributed by atoms with Crippen molar-refractivity contribution in [2.24, 2.45) is 0 Å². The summed E-state index contributed by atoms with van der Waals surface area (Å²) in [5.41, 5.74) is 0.429. The summed E-state index contributed by atoms with van der Waals surface area (Å²) < 4.78 is 10.8. The molecule has 0 bridgehead atoms. The summed E-state index contributed by atoms with van der Waals surface area (Å²) in [6.45, 7) is 2.64. The lowest BCUT2D eigenvalue weighted by atomic mass is 10.2. The minimum Gasteiger partial charge on any atom is -0.494 e. The quantitative estimate of drug-likeness (QED) is 0.607. The number of hydrogen-bond acceptors (Lipinski definition) is 3. The molecule has 0 amide bonds. The van der Waals surface area contributed by atoms with Gasteiger partial charge in [0.05, 0.1) is 17.2 Å². The third kappa shape index (κ3) is 3.75. The molecule has 104 valence electrons. The maximum absolute atomic E-state index is 12.1. The summed E-state index contributed by atoms with van der Waals surface area (Å²) in [4.78, 5) is 12.1. The van der Waals surface area contributed by atoms with Gasteiger partial charge in [0, 0.05) is 0 Å². The van der Waals surface area contributed by atoms with Crippen molar-refractivity contribution in [2.75, 3.05) is 6.61 Å². The highest BCUT2D eigenvalue weighted by Crippen LogP contribution is 2.24. The van der Waals surface area contributed by atoms with Crippen LogP contribution in [0.2, 0.25) is 5.02 Å². The fourth-order valence-corrected chi connectivity index (χ4v) is 1.79. The largest absolute Gasteiger partial charge is 0.494 e. The van der Waals surface area contributed by atoms with Crippen molar-refractivity contribution in [2.45, 2.75) is 13.3 Å². The zero-order valence-corrected chi connectivity index (χ0v) is 11.9. The van der Waals surface area contributed by atoms with Gasteiger partial charge >= 0.3 is 5.97 Å². The van der Waals surface area contributed by atoms with Crippen LogP contribution in [0.4, 0.5) is 0 Å². The molecule has 2 aromatic carbocycles. The Morgan fingerprint density at radius 2 is 1.95 bits per heavy atom. The number of para-hydroxylation sites is 1. The Hall–Kier alpha value is -2.00. The molecule has 0 aromatic heterocycles. The molecule has 0 aliphatic rings. The van der Waals surface area contributed by atoms with E-state index in [1.165, 1.54) is 0 Å². The summed E-state index contributed by atoms with van der Waals surface area (Å²) in [5, 5.41) is 0.402. The highest BCUT2D eigenvalue weighted by molar-refractivity contribution is 6.32. The first-order valence-electron chi connectivity index (χ1n) is 6.40. The van der Waals surface area contributed by atoms with Crippen LogP contribution >= 0.6 is 11.6 Å². The van der Waals surface area contributed by atoms with Gasteiger partial charge in [-0.1, -0.05) is 36.7 Å². The molecule has 0 saturated carbocycles. The number of rotatable bonds is 5. The minimum atomic E-state index is -0.458. The summed E-state index contributed by atoms with van der Waals surface area (Å²) in [5.74, 6) is 0.541. The SMILES string of the molecule is CCCOc1cccc(C(=O)Oc2ccccc2Cl)c1. The first-order valence-corrected chi connectivity index (χ1v) is 6.78. The van der Waals surface area contributed by atoms with E-state index in [0.29, 0.717) is 28.7 Å². The van der Waals surface area contributed by atoms with Crippen LogP contribution in [0.5, 0.6) is 11.5 Å². The van der Waals surface area contributed by atoms with Gasteiger partial charge in [-0.2, -0.15) is 0 Å². The average molecular weight is 291 g/mol. The molecule has 2 aromatic rings. The molecule has 0 spiro atoms. The average Bonchev–Trinajstić information content (AvgIpc) is 2.48. The Balaban J connectivity index is 2.11. The molecule has 0 fully saturated rings. The Kier molecular flexibility index (Phi) is 5.02. The van der Waals surface area contributed by atoms with Crippen molar-refractivity contribution in [3.8, 4) is 11.5 Å². The van der Waals surface area contributed by atoms with Crippen molar-refractivity contribution >= 4 is 17.6 Å². The topological polar surface area (TPSA) is 35.5 Å². The van der Waals surface area contributed by atoms with Crippen LogP contribution in [0.25, 0.3) is 0 Å². The summed E-state index contributed by atoms with van der Waals surface area (Å²) >= 11 is 5.95. The van der Waals surface area contributed by atoms with E-state index < -0.39 is 5.97 Å². The van der Waals surface area contributed by atoms with Gasteiger partial charge in [0.2, 0.25) is 0 Å². The van der Waals surface area contributed by atoms with E-state index in [0.717, 1.165) is 6.42 Å². The van der Waals surface area contributed by atoms with E-state index in [2.05, 4.69) is 0 Å². The van der Waals surface area contributed by atoms with Gasteiger partial charge in [0.15, 0.2) is 0 Å². The van der Waals surface area contributed by atoms with E-state index >= 15 is 0 Å². The number of ether oxygens (including phenoxy) is 2. The standard InChI is InChI=1S/C16H15ClO3/c1-2-10-19-13-7-5-6-12(11-13)16(18)20-15-9-4-3-8-14(15)17/h3-9,11H,2,10H2,1H3. The Morgan fingerprint density at radius 3 is 2.70 bits per heavy atom. The maximum Gasteiger partial charge on any atom is 0.343 e. The van der Waals surface area contributed by atoms with Crippen LogP contribution in [-0.4, -0.2) is 12.6 Å². The van der Waals surface area contributed by atoms with Gasteiger partial charge < -0.3 is 9.47 Å². The van der Waals surface area contributed by atoms with E-state index in [4.69, 9.17) is 21.1 Å². The number of carbonyl (C=O) groups is 1. The second-order valence-corrected chi connectivity index (χ2v) is 4.60. The van der Waals surface area contributed by atoms with Crippen LogP contribution in [0, 0.1) is 0 Å². The van der Waals surface area contributed by atoms with E-state index in [1.807, 2.05) is 13.0 Å². The van der Waals surface area contributed by atoms with Crippen LogP contribution < -0.4 is 9.47 Å². The highest BCUT2D eigenvalue weighted by atomic mass is 35.5. The van der Waals surface area contributed by atoms with E-state index in [1.54, 1.807) is 42.5 Å². The first kappa shape index (κ1) is 14.4. The number of esters is 1. The molecular weight excluding hydrogens is 276 g/mol. The number of carbonyl (C=O) groups excluding carboxylic acids is 1. The minimum absolute atomic E-state index is 0.346. The Bertz CT molecular complexity index is 596. The van der Waals surface area contributed by atoms with Gasteiger partial charge in [0.25, 0.3) is 0 Å². The van der Waals surface area contributed by atoms with E-state index in [-0.39, 0.29) is 0 Å². The van der Waals surface area contributed by atoms with Gasteiger partial charge in [-0.15, -0.1) is 0 Å². The zero-order chi connectivity index (χ0) is 14.4. The normalized spacial score (nSPS) is 10.1. The molecule has 3 nitrogen and oxygen atoms in total. The van der Waals surface area contributed by atoms with Crippen molar-refractivity contribution < 1.29 is 14.3 Å². The molecule has 0 radical (unpaired) electrons. The molecule has 0 atom stereocenters. The van der Waals surface area contributed by atoms with Gasteiger partial charge in [-0.05, 0) is 36.8 Å². The number of hydrogen-bond donors (Lipinski definition) is 0. The Labute approximate surface area is 123 Å². The molecular formula is C16H15ClO3. The molecule has 0 saturated heterocycles. The molecule has 20 heavy (non-hydrogen) atoms. The second-order valence-electron chi connectivity index (χ2n) is 4.20. The monoisotopic (exact) mass is 290 g/mol. The van der Waals surface area contributed by atoms with E-state index in [9.17, 15) is 4.79 Å². The van der Waals surface area contributed by atoms with Gasteiger partial charge in [-0.3, -0.25) is 0 Å². The highest BCUT2D eigenvalue weighted by Gasteiger charge is 2.11. The van der Waals surface area contributed by atoms with Gasteiger partial charge in [0.1, 0.15) is 11.5 Å². The van der Waals surface area contributed by atoms with Crippen molar-refractivity contribution in [1.82, 2.24) is 0 Å². The summed E-state index contributed by atoms with van der Waals surface area (Å²) in [7, 11) is 0. The lowest BCUT2D eigenvalue weighted by molar-refractivity contribution is 0.0734. The molecule has 0 heterocycles. The summed E-state index contributed by atoms with van der Waals surface area (Å²) in [6, 6.07) is 13.8. The van der Waals surface area contributed by atoms with Crippen LogP contribution in [0.1, 0.15) is 23.7 Å². The number of benzene rings is 2. The van der Waals surface area contributed by atoms with Crippen LogP contribution in [-0.2, 0) is 0 Å². The molecule has 2 rings (SSSR count). The fourth-order valence-electron chi connectivity index (χ4n) is 1.62. The first-order chi connectivity index (χ1) is 9.70. The third-order valence-electron chi connectivity index (χ3n) is 2.58. The fraction of sp³-hybridized carbons (Fsp3) is 0.188. The molecule has 0 aliphatic carbocycles. The molecule has 0 N–H and O–H groups in total. The lowest BCUT2D eigenvalue weighted by Crippen LogP contribution is -2.09. The van der Waals surface area contributed by atoms with Crippen molar-refractivity contribution in [1.29, 1.82) is 0 Å². The molecule has 0 unspecified atom stereocenters. The van der Waals surface area contributed by atoms with Crippen molar-refractivity contribution in [3.63, 3.8) is 0 Å². The third-order valence-corrected chi connectivity index (χ3v) is 2.89. The molecule has 4 heteroatoms. The van der Waals surface area contributed by atoms with Crippen molar-refractivity contribution in [3.05, 3.63) is 59.1 Å². The summed E-state index contributed by atoms with van der Waals surface area (Å²) in [6.07, 6.45) is 0.911. The Morgan fingerprint density at radius 1 is 1.15 bits per heavy atom. The second kappa shape index (κ2) is 6.96. The zero-order valence-electron chi connectivity index (χ0n) is 11.1. The lowest BCUT2D eigenvalue weighted by Gasteiger charge is -2.08. The maximum atomic E-state index is 12.1. The predicted molar refractivity (Wildman–Crippen MR) is 78.6 cm³/mol. The molecule has 0 aliphatic heterocycles. The van der Waals surface area contributed by atoms with Crippen LogP contribution in [0.15, 0.2) is 48.5 Å². The smallest absolute Gasteiger partial charge is 0.343 e. The number of halogens is 1. The van der Waals surface area contributed by atoms with Gasteiger partial charge in [-0.25, -0.2) is 4.79 Å². The predicted octanol–water partition coefficient (Wildman–Crippen LogP) is 4.35.